The SMILES string of the molecule is Cc1ccc(Br)cc1C(=O)Nc1cc(-c2ccccc2)ccc1C(=O)OC(C)(C)C. The van der Waals surface area contributed by atoms with E-state index in [-0.39, 0.29) is 5.91 Å². The number of halogens is 1. The quantitative estimate of drug-likeness (QED) is 0.439. The number of amides is 1. The minimum absolute atomic E-state index is 0.288. The smallest absolute Gasteiger partial charge is 0.340 e. The van der Waals surface area contributed by atoms with Gasteiger partial charge < -0.3 is 10.1 Å². The number of carbonyl (C=O) groups excluding carboxylic acids is 2. The maximum Gasteiger partial charge on any atom is 0.340 e. The number of benzene rings is 3. The van der Waals surface area contributed by atoms with Gasteiger partial charge in [0.15, 0.2) is 0 Å². The van der Waals surface area contributed by atoms with Crippen LogP contribution in [0.5, 0.6) is 0 Å². The molecule has 0 spiro atoms. The molecule has 154 valence electrons. The molecule has 4 nitrogen and oxygen atoms in total. The zero-order chi connectivity index (χ0) is 21.9. The van der Waals surface area contributed by atoms with Crippen LogP contribution in [-0.2, 0) is 4.74 Å². The molecule has 0 aliphatic carbocycles. The normalized spacial score (nSPS) is 11.1. The number of carbonyl (C=O) groups is 2. The van der Waals surface area contributed by atoms with Crippen LogP contribution in [0.25, 0.3) is 11.1 Å². The zero-order valence-electron chi connectivity index (χ0n) is 17.5. The molecule has 0 bridgehead atoms. The molecular formula is C25H24BrNO3. The monoisotopic (exact) mass is 465 g/mol. The van der Waals surface area contributed by atoms with Gasteiger partial charge in [-0.3, -0.25) is 4.79 Å². The van der Waals surface area contributed by atoms with Crippen molar-refractivity contribution in [1.82, 2.24) is 0 Å². The second-order valence-electron chi connectivity index (χ2n) is 8.04. The largest absolute Gasteiger partial charge is 0.456 e. The highest BCUT2D eigenvalue weighted by atomic mass is 79.9. The van der Waals surface area contributed by atoms with E-state index in [1.165, 1.54) is 0 Å². The molecule has 5 heteroatoms. The van der Waals surface area contributed by atoms with Crippen molar-refractivity contribution in [3.8, 4) is 11.1 Å². The number of hydrogen-bond acceptors (Lipinski definition) is 3. The van der Waals surface area contributed by atoms with E-state index in [4.69, 9.17) is 4.74 Å². The molecule has 0 aliphatic heterocycles. The summed E-state index contributed by atoms with van der Waals surface area (Å²) in [6.07, 6.45) is 0. The number of ether oxygens (including phenoxy) is 1. The lowest BCUT2D eigenvalue weighted by Crippen LogP contribution is -2.25. The van der Waals surface area contributed by atoms with Gasteiger partial charge in [-0.25, -0.2) is 4.79 Å². The molecule has 0 atom stereocenters. The van der Waals surface area contributed by atoms with Crippen LogP contribution in [-0.4, -0.2) is 17.5 Å². The Morgan fingerprint density at radius 1 is 0.867 bits per heavy atom. The van der Waals surface area contributed by atoms with Crippen molar-refractivity contribution in [3.05, 3.63) is 87.9 Å². The summed E-state index contributed by atoms with van der Waals surface area (Å²) < 4.78 is 6.35. The number of rotatable bonds is 4. The molecule has 30 heavy (non-hydrogen) atoms. The Hall–Kier alpha value is -2.92. The fourth-order valence-electron chi connectivity index (χ4n) is 3.00. The van der Waals surface area contributed by atoms with Crippen LogP contribution >= 0.6 is 15.9 Å². The van der Waals surface area contributed by atoms with Crippen molar-refractivity contribution >= 4 is 33.5 Å². The molecule has 0 radical (unpaired) electrons. The predicted octanol–water partition coefficient (Wildman–Crippen LogP) is 6.63. The lowest BCUT2D eigenvalue weighted by atomic mass is 10.0. The van der Waals surface area contributed by atoms with Crippen LogP contribution < -0.4 is 5.32 Å². The van der Waals surface area contributed by atoms with Crippen molar-refractivity contribution < 1.29 is 14.3 Å². The maximum atomic E-state index is 13.0. The van der Waals surface area contributed by atoms with E-state index in [2.05, 4.69) is 21.2 Å². The van der Waals surface area contributed by atoms with Gasteiger partial charge in [-0.05, 0) is 68.7 Å². The van der Waals surface area contributed by atoms with Crippen LogP contribution in [0.2, 0.25) is 0 Å². The van der Waals surface area contributed by atoms with E-state index >= 15 is 0 Å². The summed E-state index contributed by atoms with van der Waals surface area (Å²) in [4.78, 5) is 25.8. The molecule has 3 aromatic carbocycles. The first-order chi connectivity index (χ1) is 14.1. The van der Waals surface area contributed by atoms with Crippen molar-refractivity contribution in [2.45, 2.75) is 33.3 Å². The fraction of sp³-hybridized carbons (Fsp3) is 0.200. The van der Waals surface area contributed by atoms with Crippen LogP contribution in [0, 0.1) is 6.92 Å². The fourth-order valence-corrected chi connectivity index (χ4v) is 3.36. The lowest BCUT2D eigenvalue weighted by molar-refractivity contribution is 0.00708. The highest BCUT2D eigenvalue weighted by molar-refractivity contribution is 9.10. The number of nitrogens with one attached hydrogen (secondary N) is 1. The number of aryl methyl sites for hydroxylation is 1. The van der Waals surface area contributed by atoms with Gasteiger partial charge in [0.1, 0.15) is 5.60 Å². The van der Waals surface area contributed by atoms with Crippen LogP contribution in [0.15, 0.2) is 71.2 Å². The Balaban J connectivity index is 2.03. The van der Waals surface area contributed by atoms with Gasteiger partial charge in [0.2, 0.25) is 0 Å². The van der Waals surface area contributed by atoms with Gasteiger partial charge in [0.05, 0.1) is 11.3 Å². The van der Waals surface area contributed by atoms with Gasteiger partial charge in [-0.2, -0.15) is 0 Å². The molecule has 0 fully saturated rings. The van der Waals surface area contributed by atoms with E-state index in [9.17, 15) is 9.59 Å². The van der Waals surface area contributed by atoms with Gasteiger partial charge in [0, 0.05) is 10.0 Å². The Morgan fingerprint density at radius 3 is 2.23 bits per heavy atom. The van der Waals surface area contributed by atoms with Gasteiger partial charge in [-0.15, -0.1) is 0 Å². The molecule has 0 aromatic heterocycles. The Bertz CT molecular complexity index is 1090. The zero-order valence-corrected chi connectivity index (χ0v) is 19.0. The molecule has 0 saturated carbocycles. The molecule has 3 rings (SSSR count). The Labute approximate surface area is 185 Å². The van der Waals surface area contributed by atoms with Gasteiger partial charge >= 0.3 is 5.97 Å². The molecule has 0 aliphatic rings. The van der Waals surface area contributed by atoms with Crippen LogP contribution in [0.1, 0.15) is 47.1 Å². The second-order valence-corrected chi connectivity index (χ2v) is 8.96. The molecule has 0 saturated heterocycles. The minimum atomic E-state index is -0.642. The lowest BCUT2D eigenvalue weighted by Gasteiger charge is -2.21. The Kier molecular flexibility index (Phi) is 6.42. The molecule has 1 amide bonds. The van der Waals surface area contributed by atoms with E-state index in [1.807, 2.05) is 76.2 Å². The van der Waals surface area contributed by atoms with Crippen molar-refractivity contribution in [2.75, 3.05) is 5.32 Å². The average molecular weight is 466 g/mol. The number of anilines is 1. The van der Waals surface area contributed by atoms with Gasteiger partial charge in [-0.1, -0.05) is 58.4 Å². The third kappa shape index (κ3) is 5.36. The summed E-state index contributed by atoms with van der Waals surface area (Å²) in [5, 5.41) is 2.91. The highest BCUT2D eigenvalue weighted by Gasteiger charge is 2.22. The van der Waals surface area contributed by atoms with Crippen LogP contribution in [0.3, 0.4) is 0 Å². The first-order valence-corrected chi connectivity index (χ1v) is 10.4. The number of hydrogen-bond donors (Lipinski definition) is 1. The third-order valence-corrected chi connectivity index (χ3v) is 4.93. The molecule has 1 N–H and O–H groups in total. The minimum Gasteiger partial charge on any atom is -0.456 e. The van der Waals surface area contributed by atoms with Gasteiger partial charge in [0.25, 0.3) is 5.91 Å². The van der Waals surface area contributed by atoms with E-state index in [0.717, 1.165) is 21.2 Å². The predicted molar refractivity (Wildman–Crippen MR) is 124 cm³/mol. The summed E-state index contributed by atoms with van der Waals surface area (Å²) in [5.41, 5.74) is 3.34. The molecule has 0 heterocycles. The van der Waals surface area contributed by atoms with Crippen molar-refractivity contribution in [3.63, 3.8) is 0 Å². The molecular weight excluding hydrogens is 442 g/mol. The summed E-state index contributed by atoms with van der Waals surface area (Å²) >= 11 is 3.41. The molecule has 3 aromatic rings. The van der Waals surface area contributed by atoms with E-state index in [1.54, 1.807) is 18.2 Å². The summed E-state index contributed by atoms with van der Waals surface area (Å²) in [6.45, 7) is 7.31. The van der Waals surface area contributed by atoms with Crippen molar-refractivity contribution in [1.29, 1.82) is 0 Å². The Morgan fingerprint density at radius 2 is 1.57 bits per heavy atom. The first kappa shape index (κ1) is 21.8. The molecule has 0 unspecified atom stereocenters. The van der Waals surface area contributed by atoms with Crippen molar-refractivity contribution in [2.24, 2.45) is 0 Å². The third-order valence-electron chi connectivity index (χ3n) is 4.44. The summed E-state index contributed by atoms with van der Waals surface area (Å²) in [6, 6.07) is 20.7. The first-order valence-electron chi connectivity index (χ1n) is 9.64. The summed E-state index contributed by atoms with van der Waals surface area (Å²) in [7, 11) is 0. The standard InChI is InChI=1S/C25H24BrNO3/c1-16-10-12-19(26)15-21(16)23(28)27-22-14-18(17-8-6-5-7-9-17)11-13-20(22)24(29)30-25(2,3)4/h5-15H,1-4H3,(H,27,28). The summed E-state index contributed by atoms with van der Waals surface area (Å²) in [5.74, 6) is -0.771. The van der Waals surface area contributed by atoms with Crippen LogP contribution in [0.4, 0.5) is 5.69 Å². The maximum absolute atomic E-state index is 13.0. The van der Waals surface area contributed by atoms with E-state index in [0.29, 0.717) is 16.8 Å². The van der Waals surface area contributed by atoms with E-state index < -0.39 is 11.6 Å². The topological polar surface area (TPSA) is 55.4 Å². The highest BCUT2D eigenvalue weighted by Crippen LogP contribution is 2.28. The second kappa shape index (κ2) is 8.84. The number of esters is 1. The average Bonchev–Trinajstić information content (AvgIpc) is 2.69.